The van der Waals surface area contributed by atoms with Gasteiger partial charge in [0.25, 0.3) is 0 Å². The van der Waals surface area contributed by atoms with Crippen LogP contribution in [0.3, 0.4) is 0 Å². The molecule has 0 atom stereocenters. The van der Waals surface area contributed by atoms with Gasteiger partial charge < -0.3 is 18.7 Å². The predicted octanol–water partition coefficient (Wildman–Crippen LogP) is 2.99. The van der Waals surface area contributed by atoms with Crippen molar-refractivity contribution in [2.24, 2.45) is 5.73 Å². The van der Waals surface area contributed by atoms with Crippen molar-refractivity contribution in [2.45, 2.75) is 19.8 Å². The van der Waals surface area contributed by atoms with Gasteiger partial charge in [0, 0.05) is 10.1 Å². The Kier molecular flexibility index (Phi) is 4.05. The van der Waals surface area contributed by atoms with E-state index in [1.54, 1.807) is 13.0 Å². The smallest absolute Gasteiger partial charge is 0.449 e. The number of halogens is 4. The average molecular weight is 328 g/mol. The Balaban J connectivity index is 3.12. The molecule has 1 aromatic rings. The van der Waals surface area contributed by atoms with Crippen LogP contribution < -0.4 is 5.73 Å². The van der Waals surface area contributed by atoms with Crippen LogP contribution in [0.15, 0.2) is 12.1 Å². The van der Waals surface area contributed by atoms with Crippen molar-refractivity contribution >= 4 is 29.6 Å². The van der Waals surface area contributed by atoms with Crippen LogP contribution >= 0.6 is 22.6 Å². The van der Waals surface area contributed by atoms with Crippen LogP contribution in [0.1, 0.15) is 16.7 Å². The first-order chi connectivity index (χ1) is 6.83. The summed E-state index contributed by atoms with van der Waals surface area (Å²) in [6, 6.07) is 3.40. The number of benzene rings is 1. The molecule has 0 saturated carbocycles. The molecule has 0 heterocycles. The second-order valence-corrected chi connectivity index (χ2v) is 4.71. The molecule has 0 saturated heterocycles. The van der Waals surface area contributed by atoms with Gasteiger partial charge in [-0.2, -0.15) is 0 Å². The maximum absolute atomic E-state index is 12.3. The first-order valence-electron chi connectivity index (χ1n) is 4.52. The normalized spacial score (nSPS) is 11.9. The van der Waals surface area contributed by atoms with Gasteiger partial charge in [-0.05, 0) is 52.8 Å². The molecule has 0 radical (unpaired) electrons. The Hall–Kier alpha value is -0.235. The van der Waals surface area contributed by atoms with Crippen LogP contribution in [-0.4, -0.2) is 6.98 Å². The number of hydrogen-bond donors (Lipinski definition) is 1. The lowest BCUT2D eigenvalue weighted by atomic mass is 9.79. The molecular weight excluding hydrogens is 317 g/mol. The highest BCUT2D eigenvalue weighted by atomic mass is 127. The van der Waals surface area contributed by atoms with Crippen LogP contribution in [0.2, 0.25) is 0 Å². The maximum atomic E-state index is 12.3. The van der Waals surface area contributed by atoms with Crippen molar-refractivity contribution in [1.82, 2.24) is 0 Å². The Morgan fingerprint density at radius 3 is 2.27 bits per heavy atom. The molecule has 0 amide bonds. The van der Waals surface area contributed by atoms with Crippen LogP contribution in [0, 0.1) is 10.5 Å². The zero-order chi connectivity index (χ0) is 11.6. The quantitative estimate of drug-likeness (QED) is 0.670. The van der Waals surface area contributed by atoms with E-state index in [1.165, 1.54) is 0 Å². The van der Waals surface area contributed by atoms with Crippen LogP contribution in [0.5, 0.6) is 0 Å². The van der Waals surface area contributed by atoms with Crippen LogP contribution in [0.4, 0.5) is 12.9 Å². The minimum absolute atomic E-state index is 0.278. The van der Waals surface area contributed by atoms with Gasteiger partial charge in [0.15, 0.2) is 0 Å². The van der Waals surface area contributed by atoms with Crippen molar-refractivity contribution in [1.29, 1.82) is 0 Å². The van der Waals surface area contributed by atoms with E-state index in [-0.39, 0.29) is 6.54 Å². The van der Waals surface area contributed by atoms with Gasteiger partial charge in [-0.15, -0.1) is 0 Å². The van der Waals surface area contributed by atoms with Crippen molar-refractivity contribution in [3.63, 3.8) is 0 Å². The molecular formula is C9H11BF3IN-. The zero-order valence-corrected chi connectivity index (χ0v) is 10.4. The second-order valence-electron chi connectivity index (χ2n) is 3.47. The van der Waals surface area contributed by atoms with E-state index >= 15 is 0 Å². The Morgan fingerprint density at radius 2 is 1.80 bits per heavy atom. The predicted molar refractivity (Wildman–Crippen MR) is 64.6 cm³/mol. The van der Waals surface area contributed by atoms with Crippen molar-refractivity contribution in [3.05, 3.63) is 32.4 Å². The molecule has 0 bridgehead atoms. The van der Waals surface area contributed by atoms with E-state index in [9.17, 15) is 12.9 Å². The molecule has 0 aromatic heterocycles. The second kappa shape index (κ2) is 4.73. The molecule has 1 rings (SSSR count). The van der Waals surface area contributed by atoms with Gasteiger partial charge in [-0.1, -0.05) is 11.9 Å². The summed E-state index contributed by atoms with van der Waals surface area (Å²) in [4.78, 5) is 0. The molecule has 1 aromatic carbocycles. The van der Waals surface area contributed by atoms with E-state index in [0.29, 0.717) is 11.1 Å². The molecule has 2 N–H and O–H groups in total. The molecule has 0 fully saturated rings. The first-order valence-corrected chi connectivity index (χ1v) is 5.60. The Bertz CT molecular complexity index is 365. The van der Waals surface area contributed by atoms with Crippen molar-refractivity contribution in [2.75, 3.05) is 0 Å². The SMILES string of the molecule is Cc1c(CN)cc(I)cc1C[B-](F)(F)F. The summed E-state index contributed by atoms with van der Waals surface area (Å²) in [6.45, 7) is -2.81. The zero-order valence-electron chi connectivity index (χ0n) is 8.24. The fourth-order valence-electron chi connectivity index (χ4n) is 1.47. The molecule has 0 aliphatic heterocycles. The topological polar surface area (TPSA) is 26.0 Å². The number of nitrogens with two attached hydrogens (primary N) is 1. The highest BCUT2D eigenvalue weighted by Gasteiger charge is 2.24. The minimum Gasteiger partial charge on any atom is -0.449 e. The van der Waals surface area contributed by atoms with Crippen LogP contribution in [0.25, 0.3) is 0 Å². The lowest BCUT2D eigenvalue weighted by Crippen LogP contribution is -2.20. The molecule has 0 spiro atoms. The van der Waals surface area contributed by atoms with E-state index in [2.05, 4.69) is 0 Å². The summed E-state index contributed by atoms with van der Waals surface area (Å²) in [5.74, 6) is 0. The van der Waals surface area contributed by atoms with Gasteiger partial charge >= 0.3 is 6.98 Å². The van der Waals surface area contributed by atoms with E-state index in [1.807, 2.05) is 28.7 Å². The first kappa shape index (κ1) is 12.8. The largest absolute Gasteiger partial charge is 0.482 e. The van der Waals surface area contributed by atoms with E-state index < -0.39 is 13.3 Å². The lowest BCUT2D eigenvalue weighted by Gasteiger charge is -2.17. The monoisotopic (exact) mass is 328 g/mol. The summed E-state index contributed by atoms with van der Waals surface area (Å²) in [5, 5.41) is 0. The van der Waals surface area contributed by atoms with Crippen LogP contribution in [-0.2, 0) is 12.9 Å². The van der Waals surface area contributed by atoms with Crippen molar-refractivity contribution < 1.29 is 12.9 Å². The molecule has 15 heavy (non-hydrogen) atoms. The highest BCUT2D eigenvalue weighted by molar-refractivity contribution is 14.1. The summed E-state index contributed by atoms with van der Waals surface area (Å²) < 4.78 is 37.8. The molecule has 1 nitrogen and oxygen atoms in total. The molecule has 0 aliphatic rings. The average Bonchev–Trinajstić information content (AvgIpc) is 2.08. The van der Waals surface area contributed by atoms with E-state index in [0.717, 1.165) is 9.13 Å². The lowest BCUT2D eigenvalue weighted by molar-refractivity contribution is 0.468. The molecule has 0 aliphatic carbocycles. The third-order valence-electron chi connectivity index (χ3n) is 2.26. The summed E-state index contributed by atoms with van der Waals surface area (Å²) >= 11 is 2.01. The van der Waals surface area contributed by atoms with Gasteiger partial charge in [0.2, 0.25) is 0 Å². The minimum atomic E-state index is -4.78. The standard InChI is InChI=1S/C9H11BF3IN/c1-6-7(4-10(11,12)13)2-9(14)3-8(6)5-15/h2-3H,4-5,15H2,1H3/q-1. The Morgan fingerprint density at radius 1 is 1.27 bits per heavy atom. The summed E-state index contributed by atoms with van der Waals surface area (Å²) in [5.41, 5.74) is 7.27. The Labute approximate surface area is 100 Å². The number of hydrogen-bond acceptors (Lipinski definition) is 1. The molecule has 0 unspecified atom stereocenters. The third-order valence-corrected chi connectivity index (χ3v) is 2.88. The highest BCUT2D eigenvalue weighted by Crippen LogP contribution is 2.23. The summed E-state index contributed by atoms with van der Waals surface area (Å²) in [6.07, 6.45) is -0.824. The third kappa shape index (κ3) is 3.68. The fourth-order valence-corrected chi connectivity index (χ4v) is 2.22. The summed E-state index contributed by atoms with van der Waals surface area (Å²) in [7, 11) is 0. The van der Waals surface area contributed by atoms with Crippen molar-refractivity contribution in [3.8, 4) is 0 Å². The number of rotatable bonds is 3. The molecule has 84 valence electrons. The van der Waals surface area contributed by atoms with Gasteiger partial charge in [0.05, 0.1) is 0 Å². The van der Waals surface area contributed by atoms with E-state index in [4.69, 9.17) is 5.73 Å². The van der Waals surface area contributed by atoms with Gasteiger partial charge in [0.1, 0.15) is 0 Å². The van der Waals surface area contributed by atoms with Gasteiger partial charge in [-0.25, -0.2) is 0 Å². The fraction of sp³-hybridized carbons (Fsp3) is 0.333. The maximum Gasteiger partial charge on any atom is 0.482 e. The van der Waals surface area contributed by atoms with Gasteiger partial charge in [-0.3, -0.25) is 0 Å². The molecule has 6 heteroatoms.